The van der Waals surface area contributed by atoms with E-state index in [4.69, 9.17) is 0 Å². The Labute approximate surface area is 64.9 Å². The fourth-order valence-electron chi connectivity index (χ4n) is 1.19. The smallest absolute Gasteiger partial charge is 0.0244 e. The van der Waals surface area contributed by atoms with E-state index in [1.54, 1.807) is 0 Å². The van der Waals surface area contributed by atoms with E-state index in [1.165, 1.54) is 22.0 Å². The summed E-state index contributed by atoms with van der Waals surface area (Å²) < 4.78 is 0. The van der Waals surface area contributed by atoms with Crippen molar-refractivity contribution in [2.45, 2.75) is 20.8 Å². The Morgan fingerprint density at radius 1 is 1.00 bits per heavy atom. The number of rotatable bonds is 0. The van der Waals surface area contributed by atoms with Crippen LogP contribution in [-0.4, -0.2) is 0 Å². The van der Waals surface area contributed by atoms with Crippen LogP contribution in [0.4, 0.5) is 0 Å². The van der Waals surface area contributed by atoms with Gasteiger partial charge in [-0.25, -0.2) is 0 Å². The van der Waals surface area contributed by atoms with Crippen LogP contribution in [0.25, 0.3) is 0 Å². The summed E-state index contributed by atoms with van der Waals surface area (Å²) in [6.07, 6.45) is 0. The molecule has 0 spiro atoms. The Balaban J connectivity index is 3.31. The van der Waals surface area contributed by atoms with Crippen molar-refractivity contribution in [2.24, 2.45) is 0 Å². The van der Waals surface area contributed by atoms with Crippen molar-refractivity contribution in [2.75, 3.05) is 0 Å². The largest absolute Gasteiger partial charge is 0.105 e. The molecule has 0 aromatic heterocycles. The highest BCUT2D eigenvalue weighted by atomic mass is 31.0. The van der Waals surface area contributed by atoms with Gasteiger partial charge in [-0.15, -0.1) is 9.24 Å². The molecule has 0 saturated carbocycles. The lowest BCUT2D eigenvalue weighted by molar-refractivity contribution is 1.36. The first-order valence-corrected chi connectivity index (χ1v) is 4.02. The number of benzene rings is 1. The van der Waals surface area contributed by atoms with Crippen molar-refractivity contribution in [3.8, 4) is 0 Å². The average molecular weight is 152 g/mol. The Kier molecular flexibility index (Phi) is 2.11. The van der Waals surface area contributed by atoms with Crippen LogP contribution in [-0.2, 0) is 0 Å². The van der Waals surface area contributed by atoms with Gasteiger partial charge in [0.2, 0.25) is 0 Å². The molecule has 1 rings (SSSR count). The van der Waals surface area contributed by atoms with E-state index in [2.05, 4.69) is 42.1 Å². The topological polar surface area (TPSA) is 0 Å². The lowest BCUT2D eigenvalue weighted by Crippen LogP contribution is -2.01. The van der Waals surface area contributed by atoms with Crippen molar-refractivity contribution in [3.05, 3.63) is 28.8 Å². The molecule has 0 radical (unpaired) electrons. The van der Waals surface area contributed by atoms with E-state index in [1.807, 2.05) is 0 Å². The molecule has 0 nitrogen and oxygen atoms in total. The lowest BCUT2D eigenvalue weighted by atomic mass is 10.1. The Hall–Kier alpha value is -0.350. The Morgan fingerprint density at radius 2 is 1.40 bits per heavy atom. The quantitative estimate of drug-likeness (QED) is 0.499. The summed E-state index contributed by atoms with van der Waals surface area (Å²) in [4.78, 5) is 0. The summed E-state index contributed by atoms with van der Waals surface area (Å²) in [5.41, 5.74) is 4.08. The van der Waals surface area contributed by atoms with E-state index in [0.717, 1.165) is 0 Å². The van der Waals surface area contributed by atoms with Gasteiger partial charge in [0.15, 0.2) is 0 Å². The summed E-state index contributed by atoms with van der Waals surface area (Å²) in [7, 11) is 2.77. The van der Waals surface area contributed by atoms with E-state index >= 15 is 0 Å². The molecule has 0 saturated heterocycles. The predicted molar refractivity (Wildman–Crippen MR) is 50.0 cm³/mol. The highest BCUT2D eigenvalue weighted by Crippen LogP contribution is 2.07. The Morgan fingerprint density at radius 3 is 1.80 bits per heavy atom. The van der Waals surface area contributed by atoms with Crippen LogP contribution in [0.2, 0.25) is 0 Å². The number of aryl methyl sites for hydroxylation is 3. The molecular formula is C9H13P. The zero-order chi connectivity index (χ0) is 7.72. The predicted octanol–water partition coefficient (Wildman–Crippen LogP) is 2.11. The molecule has 1 aromatic rings. The molecule has 0 fully saturated rings. The van der Waals surface area contributed by atoms with Gasteiger partial charge in [-0.1, -0.05) is 17.7 Å². The minimum Gasteiger partial charge on any atom is -0.105 e. The first-order chi connectivity index (χ1) is 4.61. The first kappa shape index (κ1) is 7.75. The highest BCUT2D eigenvalue weighted by Gasteiger charge is 1.96. The van der Waals surface area contributed by atoms with Crippen molar-refractivity contribution in [1.29, 1.82) is 0 Å². The molecule has 0 heterocycles. The fourth-order valence-corrected chi connectivity index (χ4v) is 1.36. The van der Waals surface area contributed by atoms with Crippen molar-refractivity contribution >= 4 is 14.5 Å². The molecule has 1 heteroatoms. The zero-order valence-corrected chi connectivity index (χ0v) is 7.89. The molecule has 1 aromatic carbocycles. The minimum absolute atomic E-state index is 1.34. The van der Waals surface area contributed by atoms with Crippen molar-refractivity contribution < 1.29 is 0 Å². The lowest BCUT2D eigenvalue weighted by Gasteiger charge is -2.04. The van der Waals surface area contributed by atoms with Crippen LogP contribution in [0.3, 0.4) is 0 Å². The zero-order valence-electron chi connectivity index (χ0n) is 6.73. The standard InChI is InChI=1S/C9H13P/c1-6-4-7(2)9(10)8(3)5-6/h4-5H,10H2,1-3H3. The summed E-state index contributed by atoms with van der Waals surface area (Å²) in [5.74, 6) is 0. The third kappa shape index (κ3) is 1.38. The third-order valence-corrected chi connectivity index (χ3v) is 2.65. The minimum atomic E-state index is 1.34. The van der Waals surface area contributed by atoms with Crippen LogP contribution in [0.5, 0.6) is 0 Å². The van der Waals surface area contributed by atoms with Gasteiger partial charge in [-0.05, 0) is 37.2 Å². The van der Waals surface area contributed by atoms with E-state index < -0.39 is 0 Å². The molecule has 0 N–H and O–H groups in total. The maximum Gasteiger partial charge on any atom is -0.0244 e. The highest BCUT2D eigenvalue weighted by molar-refractivity contribution is 7.27. The fraction of sp³-hybridized carbons (Fsp3) is 0.333. The second-order valence-corrected chi connectivity index (χ2v) is 3.39. The maximum atomic E-state index is 2.77. The molecule has 0 bridgehead atoms. The van der Waals surface area contributed by atoms with Crippen molar-refractivity contribution in [1.82, 2.24) is 0 Å². The van der Waals surface area contributed by atoms with Gasteiger partial charge in [-0.3, -0.25) is 0 Å². The van der Waals surface area contributed by atoms with Gasteiger partial charge in [0.25, 0.3) is 0 Å². The summed E-state index contributed by atoms with van der Waals surface area (Å²) in [6.45, 7) is 6.41. The molecule has 0 aliphatic rings. The Bertz CT molecular complexity index is 228. The van der Waals surface area contributed by atoms with Crippen LogP contribution in [0, 0.1) is 20.8 Å². The molecule has 1 atom stereocenters. The monoisotopic (exact) mass is 152 g/mol. The van der Waals surface area contributed by atoms with Gasteiger partial charge < -0.3 is 0 Å². The molecule has 0 amide bonds. The summed E-state index contributed by atoms with van der Waals surface area (Å²) >= 11 is 0. The first-order valence-electron chi connectivity index (χ1n) is 3.44. The van der Waals surface area contributed by atoms with Gasteiger partial charge in [-0.2, -0.15) is 0 Å². The number of hydrogen-bond acceptors (Lipinski definition) is 0. The van der Waals surface area contributed by atoms with Crippen LogP contribution < -0.4 is 5.30 Å². The molecule has 54 valence electrons. The average Bonchev–Trinajstić information content (AvgIpc) is 1.82. The third-order valence-electron chi connectivity index (χ3n) is 1.74. The van der Waals surface area contributed by atoms with Gasteiger partial charge in [0.05, 0.1) is 0 Å². The maximum absolute atomic E-state index is 2.77. The van der Waals surface area contributed by atoms with E-state index in [0.29, 0.717) is 0 Å². The van der Waals surface area contributed by atoms with Gasteiger partial charge in [0.1, 0.15) is 0 Å². The van der Waals surface area contributed by atoms with Crippen LogP contribution in [0.15, 0.2) is 12.1 Å². The second-order valence-electron chi connectivity index (χ2n) is 2.81. The molecular weight excluding hydrogens is 139 g/mol. The molecule has 1 unspecified atom stereocenters. The molecule has 0 aliphatic heterocycles. The molecule has 0 aliphatic carbocycles. The molecule has 10 heavy (non-hydrogen) atoms. The normalized spacial score (nSPS) is 10.0. The summed E-state index contributed by atoms with van der Waals surface area (Å²) in [6, 6.07) is 4.41. The van der Waals surface area contributed by atoms with E-state index in [-0.39, 0.29) is 0 Å². The van der Waals surface area contributed by atoms with Gasteiger partial charge in [0, 0.05) is 0 Å². The van der Waals surface area contributed by atoms with Crippen LogP contribution in [0.1, 0.15) is 16.7 Å². The van der Waals surface area contributed by atoms with Crippen molar-refractivity contribution in [3.63, 3.8) is 0 Å². The SMILES string of the molecule is Cc1cc(C)c(P)c(C)c1. The van der Waals surface area contributed by atoms with E-state index in [9.17, 15) is 0 Å². The summed E-state index contributed by atoms with van der Waals surface area (Å²) in [5, 5.41) is 1.34. The second kappa shape index (κ2) is 2.72. The van der Waals surface area contributed by atoms with Gasteiger partial charge >= 0.3 is 0 Å². The van der Waals surface area contributed by atoms with Crippen LogP contribution >= 0.6 is 9.24 Å². The number of hydrogen-bond donors (Lipinski definition) is 0.